The third-order valence-corrected chi connectivity index (χ3v) is 3.87. The van der Waals surface area contributed by atoms with Crippen molar-refractivity contribution in [3.05, 3.63) is 35.6 Å². The molecule has 1 fully saturated rings. The van der Waals surface area contributed by atoms with E-state index >= 15 is 0 Å². The van der Waals surface area contributed by atoms with Gasteiger partial charge in [0.05, 0.1) is 0 Å². The van der Waals surface area contributed by atoms with Crippen molar-refractivity contribution in [2.75, 3.05) is 0 Å². The summed E-state index contributed by atoms with van der Waals surface area (Å²) in [5, 5.41) is 9.14. The molecule has 21 heavy (non-hydrogen) atoms. The summed E-state index contributed by atoms with van der Waals surface area (Å²) < 4.78 is 13.7. The second kappa shape index (κ2) is 6.24. The van der Waals surface area contributed by atoms with Crippen LogP contribution < -0.4 is 0 Å². The lowest BCUT2D eigenvalue weighted by atomic mass is 9.98. The highest BCUT2D eigenvalue weighted by Crippen LogP contribution is 2.30. The van der Waals surface area contributed by atoms with Gasteiger partial charge in [-0.2, -0.15) is 0 Å². The fourth-order valence-electron chi connectivity index (χ4n) is 2.49. The molecule has 4 nitrogen and oxygen atoms in total. The van der Waals surface area contributed by atoms with Gasteiger partial charge in [-0.3, -0.25) is 4.79 Å². The van der Waals surface area contributed by atoms with Crippen molar-refractivity contribution in [3.8, 4) is 0 Å². The zero-order valence-electron chi connectivity index (χ0n) is 12.3. The van der Waals surface area contributed by atoms with E-state index in [4.69, 9.17) is 5.11 Å². The molecule has 0 aliphatic heterocycles. The minimum atomic E-state index is -1.01. The first-order valence-corrected chi connectivity index (χ1v) is 7.20. The Kier molecular flexibility index (Phi) is 4.60. The second-order valence-electron chi connectivity index (χ2n) is 5.69. The molecule has 0 spiro atoms. The number of nitrogens with zero attached hydrogens (tertiary/aromatic N) is 1. The maximum Gasteiger partial charge on any atom is 0.326 e. The molecule has 114 valence electrons. The van der Waals surface area contributed by atoms with Crippen molar-refractivity contribution in [2.45, 2.75) is 45.2 Å². The Morgan fingerprint density at radius 3 is 2.48 bits per heavy atom. The average molecular weight is 293 g/mol. The summed E-state index contributed by atoms with van der Waals surface area (Å²) in [5.74, 6) is -1.99. The maximum atomic E-state index is 13.7. The van der Waals surface area contributed by atoms with Crippen LogP contribution in [0.3, 0.4) is 0 Å². The van der Waals surface area contributed by atoms with Gasteiger partial charge in [0.25, 0.3) is 0 Å². The summed E-state index contributed by atoms with van der Waals surface area (Å²) in [7, 11) is 0. The zero-order chi connectivity index (χ0) is 15.6. The molecule has 0 aromatic heterocycles. The SMILES string of the molecule is CC(Cc1ccccc1F)C(=O)N(C1CC1)C(C)C(=O)O. The predicted octanol–water partition coefficient (Wildman–Crippen LogP) is 2.47. The van der Waals surface area contributed by atoms with Crippen LogP contribution in [-0.4, -0.2) is 34.0 Å². The van der Waals surface area contributed by atoms with Crippen molar-refractivity contribution in [3.63, 3.8) is 0 Å². The highest BCUT2D eigenvalue weighted by molar-refractivity contribution is 5.85. The van der Waals surface area contributed by atoms with Crippen LogP contribution in [0.5, 0.6) is 0 Å². The van der Waals surface area contributed by atoms with E-state index in [0.29, 0.717) is 5.56 Å². The van der Waals surface area contributed by atoms with Crippen LogP contribution in [0.1, 0.15) is 32.3 Å². The third kappa shape index (κ3) is 3.60. The van der Waals surface area contributed by atoms with E-state index < -0.39 is 17.9 Å². The van der Waals surface area contributed by atoms with E-state index in [0.717, 1.165) is 12.8 Å². The van der Waals surface area contributed by atoms with Crippen LogP contribution in [0.25, 0.3) is 0 Å². The highest BCUT2D eigenvalue weighted by atomic mass is 19.1. The van der Waals surface area contributed by atoms with Gasteiger partial charge in [-0.05, 0) is 37.8 Å². The Labute approximate surface area is 123 Å². The van der Waals surface area contributed by atoms with E-state index in [2.05, 4.69) is 0 Å². The third-order valence-electron chi connectivity index (χ3n) is 3.87. The number of carboxylic acids is 1. The molecule has 0 bridgehead atoms. The molecule has 5 heteroatoms. The minimum absolute atomic E-state index is 0.0201. The van der Waals surface area contributed by atoms with Crippen molar-refractivity contribution < 1.29 is 19.1 Å². The van der Waals surface area contributed by atoms with Crippen LogP contribution in [0.15, 0.2) is 24.3 Å². The second-order valence-corrected chi connectivity index (χ2v) is 5.69. The standard InChI is InChI=1S/C16H20FNO3/c1-10(9-12-5-3-4-6-14(12)17)15(19)18(13-7-8-13)11(2)16(20)21/h3-6,10-11,13H,7-9H2,1-2H3,(H,20,21). The van der Waals surface area contributed by atoms with Gasteiger partial charge in [-0.15, -0.1) is 0 Å². The molecule has 1 saturated carbocycles. The van der Waals surface area contributed by atoms with Gasteiger partial charge >= 0.3 is 5.97 Å². The number of carbonyl (C=O) groups excluding carboxylic acids is 1. The summed E-state index contributed by atoms with van der Waals surface area (Å²) in [6.45, 7) is 3.24. The van der Waals surface area contributed by atoms with Gasteiger partial charge in [-0.1, -0.05) is 25.1 Å². The Balaban J connectivity index is 2.10. The molecular weight excluding hydrogens is 273 g/mol. The Bertz CT molecular complexity index is 542. The molecule has 1 aromatic carbocycles. The van der Waals surface area contributed by atoms with Crippen molar-refractivity contribution in [2.24, 2.45) is 5.92 Å². The largest absolute Gasteiger partial charge is 0.480 e. The summed E-state index contributed by atoms with van der Waals surface area (Å²) >= 11 is 0. The van der Waals surface area contributed by atoms with Gasteiger partial charge in [0.2, 0.25) is 5.91 Å². The van der Waals surface area contributed by atoms with Crippen molar-refractivity contribution in [1.29, 1.82) is 0 Å². The Morgan fingerprint density at radius 2 is 1.95 bits per heavy atom. The van der Waals surface area contributed by atoms with Gasteiger partial charge in [0.15, 0.2) is 0 Å². The molecule has 2 unspecified atom stereocenters. The summed E-state index contributed by atoms with van der Waals surface area (Å²) in [6.07, 6.45) is 1.96. The van der Waals surface area contributed by atoms with Crippen LogP contribution in [-0.2, 0) is 16.0 Å². The molecule has 1 N–H and O–H groups in total. The molecule has 2 atom stereocenters. The molecule has 1 amide bonds. The monoisotopic (exact) mass is 293 g/mol. The Morgan fingerprint density at radius 1 is 1.33 bits per heavy atom. The van der Waals surface area contributed by atoms with E-state index in [9.17, 15) is 14.0 Å². The van der Waals surface area contributed by atoms with E-state index in [1.54, 1.807) is 25.1 Å². The fraction of sp³-hybridized carbons (Fsp3) is 0.500. The number of rotatable bonds is 6. The topological polar surface area (TPSA) is 57.6 Å². The molecule has 1 aromatic rings. The summed E-state index contributed by atoms with van der Waals surface area (Å²) in [6, 6.07) is 5.54. The average Bonchev–Trinajstić information content (AvgIpc) is 3.25. The first-order valence-electron chi connectivity index (χ1n) is 7.20. The molecule has 0 radical (unpaired) electrons. The zero-order valence-corrected chi connectivity index (χ0v) is 12.3. The maximum absolute atomic E-state index is 13.7. The number of carbonyl (C=O) groups is 2. The van der Waals surface area contributed by atoms with E-state index in [1.165, 1.54) is 17.9 Å². The summed E-state index contributed by atoms with van der Waals surface area (Å²) in [4.78, 5) is 25.1. The number of hydrogen-bond donors (Lipinski definition) is 1. The highest BCUT2D eigenvalue weighted by Gasteiger charge is 2.39. The van der Waals surface area contributed by atoms with Gasteiger partial charge < -0.3 is 10.0 Å². The quantitative estimate of drug-likeness (QED) is 0.876. The Hall–Kier alpha value is -1.91. The molecule has 1 aliphatic rings. The van der Waals surface area contributed by atoms with Gasteiger partial charge in [-0.25, -0.2) is 9.18 Å². The molecule has 1 aliphatic carbocycles. The lowest BCUT2D eigenvalue weighted by Crippen LogP contribution is -2.47. The number of halogens is 1. The lowest BCUT2D eigenvalue weighted by molar-refractivity contribution is -0.151. The fourth-order valence-corrected chi connectivity index (χ4v) is 2.49. The summed E-state index contributed by atoms with van der Waals surface area (Å²) in [5.41, 5.74) is 0.483. The van der Waals surface area contributed by atoms with E-state index in [1.807, 2.05) is 0 Å². The first kappa shape index (κ1) is 15.5. The number of carboxylic acid groups (broad SMARTS) is 1. The molecular formula is C16H20FNO3. The number of amides is 1. The number of aliphatic carboxylic acids is 1. The first-order chi connectivity index (χ1) is 9.91. The van der Waals surface area contributed by atoms with Crippen molar-refractivity contribution in [1.82, 2.24) is 4.90 Å². The van der Waals surface area contributed by atoms with Crippen molar-refractivity contribution >= 4 is 11.9 Å². The minimum Gasteiger partial charge on any atom is -0.480 e. The van der Waals surface area contributed by atoms with Crippen LogP contribution in [0, 0.1) is 11.7 Å². The number of benzene rings is 1. The van der Waals surface area contributed by atoms with Crippen LogP contribution in [0.4, 0.5) is 4.39 Å². The smallest absolute Gasteiger partial charge is 0.326 e. The van der Waals surface area contributed by atoms with Gasteiger partial charge in [0.1, 0.15) is 11.9 Å². The van der Waals surface area contributed by atoms with Crippen LogP contribution in [0.2, 0.25) is 0 Å². The lowest BCUT2D eigenvalue weighted by Gasteiger charge is -2.29. The van der Waals surface area contributed by atoms with Crippen LogP contribution >= 0.6 is 0 Å². The van der Waals surface area contributed by atoms with Gasteiger partial charge in [0, 0.05) is 12.0 Å². The normalized spacial score (nSPS) is 17.1. The molecule has 0 saturated heterocycles. The van der Waals surface area contributed by atoms with E-state index in [-0.39, 0.29) is 24.2 Å². The predicted molar refractivity (Wildman–Crippen MR) is 76.2 cm³/mol. The molecule has 2 rings (SSSR count). The number of hydrogen-bond acceptors (Lipinski definition) is 2. The molecule has 0 heterocycles.